The van der Waals surface area contributed by atoms with E-state index in [-0.39, 0.29) is 5.57 Å². The third-order valence-electron chi connectivity index (χ3n) is 4.43. The third-order valence-corrected chi connectivity index (χ3v) is 5.37. The quantitative estimate of drug-likeness (QED) is 0.308. The predicted molar refractivity (Wildman–Crippen MR) is 126 cm³/mol. The minimum atomic E-state index is -0.537. The predicted octanol–water partition coefficient (Wildman–Crippen LogP) is 7.08. The second-order valence-electron chi connectivity index (χ2n) is 6.64. The number of amides is 1. The first-order valence-corrected chi connectivity index (χ1v) is 10.4. The SMILES string of the molecule is Cc1c(Cl)cccc1NC(=O)/C(C#N)=C/c1ccc(OCc2cccc(Cl)c2)c(Cl)c1. The molecule has 31 heavy (non-hydrogen) atoms. The number of hydrogen-bond acceptors (Lipinski definition) is 3. The summed E-state index contributed by atoms with van der Waals surface area (Å²) in [5.74, 6) is -0.0541. The van der Waals surface area contributed by atoms with Crippen molar-refractivity contribution >= 4 is 52.5 Å². The van der Waals surface area contributed by atoms with Crippen molar-refractivity contribution in [3.8, 4) is 11.8 Å². The number of carbonyl (C=O) groups excluding carboxylic acids is 1. The molecule has 1 N–H and O–H groups in total. The fraction of sp³-hybridized carbons (Fsp3) is 0.0833. The van der Waals surface area contributed by atoms with Crippen molar-refractivity contribution in [1.29, 1.82) is 5.26 Å². The summed E-state index contributed by atoms with van der Waals surface area (Å²) in [5, 5.41) is 13.7. The Morgan fingerprint density at radius 3 is 2.55 bits per heavy atom. The second kappa shape index (κ2) is 10.4. The molecule has 3 aromatic carbocycles. The monoisotopic (exact) mass is 470 g/mol. The highest BCUT2D eigenvalue weighted by Gasteiger charge is 2.12. The molecule has 156 valence electrons. The van der Waals surface area contributed by atoms with Crippen LogP contribution in [0.2, 0.25) is 15.1 Å². The standard InChI is InChI=1S/C24H17Cl3N2O2/c1-15-20(26)6-3-7-22(15)29-24(30)18(13-28)10-16-8-9-23(21(27)12-16)31-14-17-4-2-5-19(25)11-17/h2-12H,14H2,1H3,(H,29,30)/b18-10+. The molecule has 0 aliphatic heterocycles. The summed E-state index contributed by atoms with van der Waals surface area (Å²) >= 11 is 18.4. The Balaban J connectivity index is 1.73. The van der Waals surface area contributed by atoms with Crippen molar-refractivity contribution in [3.63, 3.8) is 0 Å². The first kappa shape index (κ1) is 22.7. The smallest absolute Gasteiger partial charge is 0.266 e. The number of anilines is 1. The van der Waals surface area contributed by atoms with Gasteiger partial charge in [-0.25, -0.2) is 0 Å². The molecule has 1 amide bonds. The zero-order chi connectivity index (χ0) is 22.4. The number of nitrogens with zero attached hydrogens (tertiary/aromatic N) is 1. The topological polar surface area (TPSA) is 62.1 Å². The fourth-order valence-corrected chi connectivity index (χ4v) is 3.39. The number of nitriles is 1. The van der Waals surface area contributed by atoms with Crippen molar-refractivity contribution < 1.29 is 9.53 Å². The van der Waals surface area contributed by atoms with Crippen LogP contribution in [0.25, 0.3) is 6.08 Å². The van der Waals surface area contributed by atoms with Crippen LogP contribution in [0.15, 0.2) is 66.2 Å². The summed E-state index contributed by atoms with van der Waals surface area (Å²) in [4.78, 5) is 12.5. The van der Waals surface area contributed by atoms with Gasteiger partial charge in [-0.1, -0.05) is 59.1 Å². The number of ether oxygens (including phenoxy) is 1. The maximum absolute atomic E-state index is 12.5. The number of nitrogens with one attached hydrogen (secondary N) is 1. The van der Waals surface area contributed by atoms with E-state index in [0.717, 1.165) is 11.1 Å². The van der Waals surface area contributed by atoms with E-state index >= 15 is 0 Å². The van der Waals surface area contributed by atoms with Gasteiger partial charge in [0.05, 0.1) is 5.02 Å². The van der Waals surface area contributed by atoms with Crippen LogP contribution in [0.3, 0.4) is 0 Å². The summed E-state index contributed by atoms with van der Waals surface area (Å²) < 4.78 is 5.75. The zero-order valence-corrected chi connectivity index (χ0v) is 18.7. The lowest BCUT2D eigenvalue weighted by Gasteiger charge is -2.10. The second-order valence-corrected chi connectivity index (χ2v) is 7.90. The van der Waals surface area contributed by atoms with Gasteiger partial charge in [0.1, 0.15) is 24.0 Å². The van der Waals surface area contributed by atoms with Crippen molar-refractivity contribution in [1.82, 2.24) is 0 Å². The molecule has 7 heteroatoms. The minimum Gasteiger partial charge on any atom is -0.487 e. The molecule has 3 aromatic rings. The van der Waals surface area contributed by atoms with E-state index in [2.05, 4.69) is 5.32 Å². The number of rotatable bonds is 6. The molecule has 0 spiro atoms. The van der Waals surface area contributed by atoms with Gasteiger partial charge in [0.15, 0.2) is 0 Å². The van der Waals surface area contributed by atoms with E-state index in [0.29, 0.717) is 38.7 Å². The molecule has 0 unspecified atom stereocenters. The normalized spacial score (nSPS) is 11.0. The first-order valence-electron chi connectivity index (χ1n) is 9.22. The molecular weight excluding hydrogens is 455 g/mol. The van der Waals surface area contributed by atoms with E-state index in [9.17, 15) is 10.1 Å². The van der Waals surface area contributed by atoms with Gasteiger partial charge in [-0.2, -0.15) is 5.26 Å². The van der Waals surface area contributed by atoms with E-state index in [4.69, 9.17) is 39.5 Å². The lowest BCUT2D eigenvalue weighted by atomic mass is 10.1. The molecule has 0 radical (unpaired) electrons. The molecule has 0 aromatic heterocycles. The fourth-order valence-electron chi connectivity index (χ4n) is 2.76. The minimum absolute atomic E-state index is 0.0666. The number of carbonyl (C=O) groups is 1. The van der Waals surface area contributed by atoms with Gasteiger partial charge in [0, 0.05) is 15.7 Å². The van der Waals surface area contributed by atoms with E-state index in [1.54, 1.807) is 49.4 Å². The zero-order valence-electron chi connectivity index (χ0n) is 16.5. The highest BCUT2D eigenvalue weighted by molar-refractivity contribution is 6.32. The van der Waals surface area contributed by atoms with Crippen LogP contribution in [0.1, 0.15) is 16.7 Å². The highest BCUT2D eigenvalue weighted by atomic mass is 35.5. The first-order chi connectivity index (χ1) is 14.9. The maximum Gasteiger partial charge on any atom is 0.266 e. The molecular formula is C24H17Cl3N2O2. The van der Waals surface area contributed by atoms with E-state index in [1.165, 1.54) is 6.08 Å². The molecule has 0 heterocycles. The third kappa shape index (κ3) is 6.02. The van der Waals surface area contributed by atoms with Crippen LogP contribution in [0, 0.1) is 18.3 Å². The molecule has 0 aliphatic carbocycles. The largest absolute Gasteiger partial charge is 0.487 e. The van der Waals surface area contributed by atoms with E-state index < -0.39 is 5.91 Å². The number of hydrogen-bond donors (Lipinski definition) is 1. The summed E-state index contributed by atoms with van der Waals surface area (Å²) in [7, 11) is 0. The van der Waals surface area contributed by atoms with Crippen LogP contribution >= 0.6 is 34.8 Å². The van der Waals surface area contributed by atoms with Gasteiger partial charge < -0.3 is 10.1 Å². The highest BCUT2D eigenvalue weighted by Crippen LogP contribution is 2.28. The van der Waals surface area contributed by atoms with Gasteiger partial charge in [0.25, 0.3) is 5.91 Å². The Bertz CT molecular complexity index is 1200. The van der Waals surface area contributed by atoms with Gasteiger partial charge >= 0.3 is 0 Å². The van der Waals surface area contributed by atoms with Gasteiger partial charge in [-0.05, 0) is 66.1 Å². The molecule has 3 rings (SSSR count). The molecule has 4 nitrogen and oxygen atoms in total. The Morgan fingerprint density at radius 2 is 1.84 bits per heavy atom. The van der Waals surface area contributed by atoms with Crippen molar-refractivity contribution in [2.24, 2.45) is 0 Å². The maximum atomic E-state index is 12.5. The van der Waals surface area contributed by atoms with Gasteiger partial charge in [-0.15, -0.1) is 0 Å². The van der Waals surface area contributed by atoms with Gasteiger partial charge in [0.2, 0.25) is 0 Å². The summed E-state index contributed by atoms with van der Waals surface area (Å²) in [6, 6.07) is 19.5. The van der Waals surface area contributed by atoms with Crippen molar-refractivity contribution in [2.45, 2.75) is 13.5 Å². The Kier molecular flexibility index (Phi) is 7.59. The number of halogens is 3. The molecule has 0 saturated heterocycles. The summed E-state index contributed by atoms with van der Waals surface area (Å²) in [5.41, 5.74) is 2.70. The molecule has 0 aliphatic rings. The molecule has 0 saturated carbocycles. The summed E-state index contributed by atoms with van der Waals surface area (Å²) in [6.45, 7) is 2.09. The van der Waals surface area contributed by atoms with Crippen LogP contribution < -0.4 is 10.1 Å². The lowest BCUT2D eigenvalue weighted by molar-refractivity contribution is -0.112. The lowest BCUT2D eigenvalue weighted by Crippen LogP contribution is -2.14. The van der Waals surface area contributed by atoms with Crippen LogP contribution in [-0.2, 0) is 11.4 Å². The van der Waals surface area contributed by atoms with Crippen LogP contribution in [0.4, 0.5) is 5.69 Å². The Labute approximate surface area is 195 Å². The molecule has 0 atom stereocenters. The molecule has 0 fully saturated rings. The van der Waals surface area contributed by atoms with Crippen LogP contribution in [0.5, 0.6) is 5.75 Å². The van der Waals surface area contributed by atoms with Crippen LogP contribution in [-0.4, -0.2) is 5.91 Å². The Hall–Kier alpha value is -2.97. The van der Waals surface area contributed by atoms with E-state index in [1.807, 2.05) is 24.3 Å². The average Bonchev–Trinajstić information content (AvgIpc) is 2.74. The number of benzene rings is 3. The van der Waals surface area contributed by atoms with Crippen molar-refractivity contribution in [3.05, 3.63) is 98.0 Å². The summed E-state index contributed by atoms with van der Waals surface area (Å²) in [6.07, 6.45) is 1.46. The van der Waals surface area contributed by atoms with Crippen molar-refractivity contribution in [2.75, 3.05) is 5.32 Å². The Morgan fingerprint density at radius 1 is 1.06 bits per heavy atom. The average molecular weight is 472 g/mol. The molecule has 0 bridgehead atoms. The van der Waals surface area contributed by atoms with Gasteiger partial charge in [-0.3, -0.25) is 4.79 Å².